The van der Waals surface area contributed by atoms with Gasteiger partial charge in [-0.15, -0.1) is 10.2 Å². The minimum absolute atomic E-state index is 0.0383. The molecule has 1 heterocycles. The van der Waals surface area contributed by atoms with Crippen molar-refractivity contribution in [2.24, 2.45) is 17.8 Å². The summed E-state index contributed by atoms with van der Waals surface area (Å²) in [7, 11) is 0. The van der Waals surface area contributed by atoms with Crippen molar-refractivity contribution in [3.63, 3.8) is 0 Å². The van der Waals surface area contributed by atoms with Crippen molar-refractivity contribution >= 4 is 17.7 Å². The molecule has 1 amide bonds. The average molecular weight is 350 g/mol. The number of amides is 1. The second-order valence-electron chi connectivity index (χ2n) is 8.12. The van der Waals surface area contributed by atoms with Crippen LogP contribution in [0.2, 0.25) is 0 Å². The van der Waals surface area contributed by atoms with Gasteiger partial charge >= 0.3 is 0 Å². The fourth-order valence-electron chi connectivity index (χ4n) is 5.44. The summed E-state index contributed by atoms with van der Waals surface area (Å²) in [5.74, 6) is 3.45. The molecule has 0 aromatic carbocycles. The molecule has 1 aromatic heterocycles. The summed E-state index contributed by atoms with van der Waals surface area (Å²) in [6.45, 7) is 4.66. The van der Waals surface area contributed by atoms with E-state index in [0.29, 0.717) is 11.8 Å². The summed E-state index contributed by atoms with van der Waals surface area (Å²) in [6, 6.07) is 0. The number of carbonyl (C=O) groups excluding carboxylic acids is 1. The molecule has 1 atom stereocenters. The lowest BCUT2D eigenvalue weighted by Gasteiger charge is -2.55. The van der Waals surface area contributed by atoms with Gasteiger partial charge in [-0.3, -0.25) is 4.79 Å². The summed E-state index contributed by atoms with van der Waals surface area (Å²) >= 11 is 1.37. The van der Waals surface area contributed by atoms with Crippen molar-refractivity contribution in [1.82, 2.24) is 15.5 Å². The molecule has 4 bridgehead atoms. The average Bonchev–Trinajstić information content (AvgIpc) is 3.00. The van der Waals surface area contributed by atoms with E-state index in [2.05, 4.69) is 15.5 Å². The zero-order valence-corrected chi connectivity index (χ0v) is 15.4. The third-order valence-electron chi connectivity index (χ3n) is 6.09. The predicted octanol–water partition coefficient (Wildman–Crippen LogP) is 3.54. The second kappa shape index (κ2) is 6.36. The molecule has 6 heteroatoms. The smallest absolute Gasteiger partial charge is 0.277 e. The van der Waals surface area contributed by atoms with Crippen molar-refractivity contribution in [2.45, 2.75) is 74.7 Å². The van der Waals surface area contributed by atoms with Crippen LogP contribution in [0, 0.1) is 17.8 Å². The van der Waals surface area contributed by atoms with Gasteiger partial charge in [-0.05, 0) is 69.6 Å². The van der Waals surface area contributed by atoms with E-state index < -0.39 is 0 Å². The maximum atomic E-state index is 12.0. The molecule has 0 unspecified atom stereocenters. The standard InChI is InChI=1S/C18H27N3O2S/c1-3-4-19-15(22)11(2)24-17-21-20-16(23-17)18-8-12-5-13(9-18)7-14(6-12)10-18/h11-14H,3-10H2,1-2H3,(H,19,22)/t11-,12?,13?,14?,18?/m0/s1. The highest BCUT2D eigenvalue weighted by Crippen LogP contribution is 2.60. The minimum atomic E-state index is -0.207. The van der Waals surface area contributed by atoms with Crippen LogP contribution in [0.15, 0.2) is 9.64 Å². The maximum Gasteiger partial charge on any atom is 0.277 e. The SMILES string of the molecule is CCCNC(=O)[C@H](C)Sc1nnc(C23CC4CC(CC(C4)C2)C3)o1. The summed E-state index contributed by atoms with van der Waals surface area (Å²) in [6.07, 6.45) is 8.82. The van der Waals surface area contributed by atoms with Gasteiger partial charge in [0.15, 0.2) is 0 Å². The van der Waals surface area contributed by atoms with Gasteiger partial charge in [0.05, 0.1) is 5.25 Å². The van der Waals surface area contributed by atoms with Crippen LogP contribution < -0.4 is 5.32 Å². The Bertz CT molecular complexity index is 580. The quantitative estimate of drug-likeness (QED) is 0.796. The van der Waals surface area contributed by atoms with Gasteiger partial charge in [0.1, 0.15) is 0 Å². The monoisotopic (exact) mass is 349 g/mol. The Balaban J connectivity index is 1.44. The molecule has 4 saturated carbocycles. The number of aromatic nitrogens is 2. The first kappa shape index (κ1) is 16.4. The predicted molar refractivity (Wildman–Crippen MR) is 92.8 cm³/mol. The van der Waals surface area contributed by atoms with E-state index in [4.69, 9.17) is 4.42 Å². The van der Waals surface area contributed by atoms with Gasteiger partial charge in [0, 0.05) is 12.0 Å². The molecule has 0 aliphatic heterocycles. The van der Waals surface area contributed by atoms with E-state index in [9.17, 15) is 4.79 Å². The first-order chi connectivity index (χ1) is 11.6. The Morgan fingerprint density at radius 2 is 1.88 bits per heavy atom. The van der Waals surface area contributed by atoms with Gasteiger partial charge < -0.3 is 9.73 Å². The molecule has 4 aliphatic carbocycles. The lowest BCUT2D eigenvalue weighted by Crippen LogP contribution is -2.48. The Kier molecular flexibility index (Phi) is 4.35. The number of nitrogens with zero attached hydrogens (tertiary/aromatic N) is 2. The highest BCUT2D eigenvalue weighted by atomic mass is 32.2. The Labute approximate surface area is 147 Å². The fraction of sp³-hybridized carbons (Fsp3) is 0.833. The molecule has 0 radical (unpaired) electrons. The normalized spacial score (nSPS) is 35.2. The van der Waals surface area contributed by atoms with Crippen LogP contribution in [-0.2, 0) is 10.2 Å². The van der Waals surface area contributed by atoms with Gasteiger partial charge in [0.25, 0.3) is 5.22 Å². The topological polar surface area (TPSA) is 68.0 Å². The summed E-state index contributed by atoms with van der Waals surface area (Å²) in [4.78, 5) is 12.0. The summed E-state index contributed by atoms with van der Waals surface area (Å²) in [5, 5.41) is 11.9. The van der Waals surface area contributed by atoms with Crippen LogP contribution in [0.25, 0.3) is 0 Å². The molecule has 132 valence electrons. The van der Waals surface area contributed by atoms with E-state index >= 15 is 0 Å². The third kappa shape index (κ3) is 2.98. The van der Waals surface area contributed by atoms with Gasteiger partial charge in [-0.1, -0.05) is 18.7 Å². The number of nitrogens with one attached hydrogen (secondary N) is 1. The Hall–Kier alpha value is -1.04. The Morgan fingerprint density at radius 3 is 2.46 bits per heavy atom. The number of rotatable bonds is 6. The van der Waals surface area contributed by atoms with E-state index in [1.807, 2.05) is 13.8 Å². The second-order valence-corrected chi connectivity index (χ2v) is 9.41. The van der Waals surface area contributed by atoms with Crippen LogP contribution in [0.4, 0.5) is 0 Å². The van der Waals surface area contributed by atoms with Crippen molar-refractivity contribution < 1.29 is 9.21 Å². The fourth-order valence-corrected chi connectivity index (χ4v) is 6.15. The molecule has 0 saturated heterocycles. The molecule has 0 spiro atoms. The molecule has 5 rings (SSSR count). The van der Waals surface area contributed by atoms with Crippen LogP contribution in [0.1, 0.15) is 64.7 Å². The number of thioether (sulfide) groups is 1. The lowest BCUT2D eigenvalue weighted by atomic mass is 9.49. The number of hydrogen-bond donors (Lipinski definition) is 1. The van der Waals surface area contributed by atoms with E-state index in [1.54, 1.807) is 0 Å². The number of hydrogen-bond acceptors (Lipinski definition) is 5. The molecular weight excluding hydrogens is 322 g/mol. The highest BCUT2D eigenvalue weighted by molar-refractivity contribution is 8.00. The van der Waals surface area contributed by atoms with Crippen LogP contribution in [-0.4, -0.2) is 27.9 Å². The van der Waals surface area contributed by atoms with E-state index in [0.717, 1.165) is 30.1 Å². The molecule has 1 N–H and O–H groups in total. The summed E-state index contributed by atoms with van der Waals surface area (Å²) < 4.78 is 6.05. The molecule has 5 nitrogen and oxygen atoms in total. The van der Waals surface area contributed by atoms with E-state index in [1.165, 1.54) is 50.3 Å². The first-order valence-corrected chi connectivity index (χ1v) is 10.2. The molecule has 4 aliphatic rings. The van der Waals surface area contributed by atoms with Crippen LogP contribution in [0.5, 0.6) is 0 Å². The van der Waals surface area contributed by atoms with Crippen molar-refractivity contribution in [1.29, 1.82) is 0 Å². The third-order valence-corrected chi connectivity index (χ3v) is 7.03. The molecule has 24 heavy (non-hydrogen) atoms. The maximum absolute atomic E-state index is 12.0. The highest BCUT2D eigenvalue weighted by Gasteiger charge is 2.54. The zero-order chi connectivity index (χ0) is 16.7. The van der Waals surface area contributed by atoms with Gasteiger partial charge in [0.2, 0.25) is 11.8 Å². The Morgan fingerprint density at radius 1 is 1.25 bits per heavy atom. The molecular formula is C18H27N3O2S. The van der Waals surface area contributed by atoms with Crippen LogP contribution >= 0.6 is 11.8 Å². The largest absolute Gasteiger partial charge is 0.415 e. The molecule has 4 fully saturated rings. The summed E-state index contributed by atoms with van der Waals surface area (Å²) in [5.41, 5.74) is 0.133. The minimum Gasteiger partial charge on any atom is -0.415 e. The van der Waals surface area contributed by atoms with Crippen molar-refractivity contribution in [3.05, 3.63) is 5.89 Å². The van der Waals surface area contributed by atoms with Crippen molar-refractivity contribution in [3.8, 4) is 0 Å². The van der Waals surface area contributed by atoms with Gasteiger partial charge in [-0.25, -0.2) is 0 Å². The lowest BCUT2D eigenvalue weighted by molar-refractivity contribution is -0.120. The van der Waals surface area contributed by atoms with E-state index in [-0.39, 0.29) is 16.6 Å². The molecule has 1 aromatic rings. The first-order valence-electron chi connectivity index (χ1n) is 9.36. The van der Waals surface area contributed by atoms with Crippen molar-refractivity contribution in [2.75, 3.05) is 6.54 Å². The van der Waals surface area contributed by atoms with Crippen LogP contribution in [0.3, 0.4) is 0 Å². The zero-order valence-electron chi connectivity index (χ0n) is 14.6. The van der Waals surface area contributed by atoms with Gasteiger partial charge in [-0.2, -0.15) is 0 Å². The number of carbonyl (C=O) groups is 1.